The van der Waals surface area contributed by atoms with Crippen LogP contribution in [-0.4, -0.2) is 65.3 Å². The van der Waals surface area contributed by atoms with E-state index in [1.165, 1.54) is 28.4 Å². The van der Waals surface area contributed by atoms with Crippen molar-refractivity contribution in [2.24, 2.45) is 0 Å². The number of nitrogens with one attached hydrogen (secondary N) is 1. The van der Waals surface area contributed by atoms with Crippen LogP contribution in [-0.2, 0) is 22.6 Å². The number of amides is 2. The van der Waals surface area contributed by atoms with E-state index < -0.39 is 24.0 Å². The summed E-state index contributed by atoms with van der Waals surface area (Å²) in [6.07, 6.45) is -3.10. The summed E-state index contributed by atoms with van der Waals surface area (Å²) in [7, 11) is 0. The van der Waals surface area contributed by atoms with Crippen molar-refractivity contribution in [3.63, 3.8) is 0 Å². The fraction of sp³-hybridized carbons (Fsp3) is 0.308. The van der Waals surface area contributed by atoms with Crippen LogP contribution in [0.5, 0.6) is 0 Å². The summed E-state index contributed by atoms with van der Waals surface area (Å²) in [4.78, 5) is 29.4. The average Bonchev–Trinajstić information content (AvgIpc) is 3.35. The Bertz CT molecular complexity index is 1200. The van der Waals surface area contributed by atoms with Crippen molar-refractivity contribution in [1.29, 1.82) is 0 Å². The number of carbonyl (C=O) groups excluding carboxylic acids is 2. The van der Waals surface area contributed by atoms with E-state index in [9.17, 15) is 24.2 Å². The lowest BCUT2D eigenvalue weighted by atomic mass is 10.1. The number of anilines is 1. The fourth-order valence-electron chi connectivity index (χ4n) is 4.07. The third-order valence-electron chi connectivity index (χ3n) is 6.07. The van der Waals surface area contributed by atoms with Crippen LogP contribution < -0.4 is 10.2 Å². The molecule has 36 heavy (non-hydrogen) atoms. The number of nitrogens with zero attached hydrogens (tertiary/aromatic N) is 2. The summed E-state index contributed by atoms with van der Waals surface area (Å²) < 4.78 is 13.1. The van der Waals surface area contributed by atoms with E-state index >= 15 is 0 Å². The number of piperazine rings is 1. The predicted molar refractivity (Wildman–Crippen MR) is 138 cm³/mol. The summed E-state index contributed by atoms with van der Waals surface area (Å²) in [6, 6.07) is 15.6. The summed E-state index contributed by atoms with van der Waals surface area (Å²) in [6.45, 7) is 1.86. The highest BCUT2D eigenvalue weighted by Crippen LogP contribution is 2.26. The number of benzene rings is 2. The van der Waals surface area contributed by atoms with E-state index in [2.05, 4.69) is 5.32 Å². The monoisotopic (exact) mass is 531 g/mol. The first-order chi connectivity index (χ1) is 17.3. The van der Waals surface area contributed by atoms with Crippen LogP contribution in [0.4, 0.5) is 10.1 Å². The van der Waals surface area contributed by atoms with Crippen molar-refractivity contribution in [2.45, 2.75) is 25.2 Å². The molecule has 0 unspecified atom stereocenters. The van der Waals surface area contributed by atoms with Gasteiger partial charge in [0.1, 0.15) is 5.82 Å². The second-order valence-corrected chi connectivity index (χ2v) is 10.00. The normalized spacial score (nSPS) is 15.4. The molecule has 2 heterocycles. The van der Waals surface area contributed by atoms with Gasteiger partial charge in [0.25, 0.3) is 11.8 Å². The minimum absolute atomic E-state index is 0.154. The summed E-state index contributed by atoms with van der Waals surface area (Å²) in [5.41, 5.74) is 2.86. The standard InChI is InChI=1S/C26H27ClFN3O4S/c27-21-3-1-2-4-22(21)30-9-11-31(12-10-30)26(35)24(33)23(32)25(34)29-15-20-14-18(16-36-20)13-17-5-7-19(28)8-6-17/h1-8,14,16,23-24,32-33H,9-13,15H2,(H,29,34)/t23-,24-/m1/s1. The molecular weight excluding hydrogens is 505 g/mol. The molecule has 10 heteroatoms. The third-order valence-corrected chi connectivity index (χ3v) is 7.38. The lowest BCUT2D eigenvalue weighted by Gasteiger charge is -2.37. The van der Waals surface area contributed by atoms with E-state index in [-0.39, 0.29) is 12.4 Å². The molecule has 2 aromatic carbocycles. The lowest BCUT2D eigenvalue weighted by molar-refractivity contribution is -0.153. The average molecular weight is 532 g/mol. The number of para-hydroxylation sites is 1. The van der Waals surface area contributed by atoms with E-state index in [1.54, 1.807) is 18.2 Å². The molecule has 1 aromatic heterocycles. The first-order valence-corrected chi connectivity index (χ1v) is 12.8. The molecule has 1 saturated heterocycles. The summed E-state index contributed by atoms with van der Waals surface area (Å²) in [5, 5.41) is 25.8. The second kappa shape index (κ2) is 11.8. The van der Waals surface area contributed by atoms with E-state index in [0.717, 1.165) is 21.7 Å². The van der Waals surface area contributed by atoms with Crippen molar-refractivity contribution in [3.05, 3.63) is 86.8 Å². The van der Waals surface area contributed by atoms with Gasteiger partial charge in [0.05, 0.1) is 17.3 Å². The van der Waals surface area contributed by atoms with Gasteiger partial charge < -0.3 is 25.3 Å². The molecule has 3 N–H and O–H groups in total. The maximum absolute atomic E-state index is 13.1. The molecular formula is C26H27ClFN3O4S. The molecule has 0 radical (unpaired) electrons. The quantitative estimate of drug-likeness (QED) is 0.416. The molecule has 2 amide bonds. The molecule has 190 valence electrons. The Morgan fingerprint density at radius 2 is 1.69 bits per heavy atom. The number of rotatable bonds is 8. The van der Waals surface area contributed by atoms with Crippen molar-refractivity contribution >= 4 is 40.4 Å². The van der Waals surface area contributed by atoms with E-state index in [1.807, 2.05) is 34.5 Å². The van der Waals surface area contributed by atoms with Gasteiger partial charge >= 0.3 is 0 Å². The van der Waals surface area contributed by atoms with Crippen molar-refractivity contribution in [3.8, 4) is 0 Å². The van der Waals surface area contributed by atoms with Gasteiger partial charge in [-0.1, -0.05) is 35.9 Å². The highest BCUT2D eigenvalue weighted by Gasteiger charge is 2.34. The lowest BCUT2D eigenvalue weighted by Crippen LogP contribution is -2.55. The smallest absolute Gasteiger partial charge is 0.254 e. The maximum atomic E-state index is 13.1. The van der Waals surface area contributed by atoms with Gasteiger partial charge in [-0.25, -0.2) is 4.39 Å². The number of aliphatic hydroxyl groups is 2. The van der Waals surface area contributed by atoms with Crippen molar-refractivity contribution < 1.29 is 24.2 Å². The molecule has 3 aromatic rings. The Balaban J connectivity index is 1.24. The van der Waals surface area contributed by atoms with Gasteiger partial charge in [0.15, 0.2) is 12.2 Å². The molecule has 4 rings (SSSR count). The fourth-order valence-corrected chi connectivity index (χ4v) is 5.15. The zero-order valence-electron chi connectivity index (χ0n) is 19.4. The number of carbonyl (C=O) groups is 2. The second-order valence-electron chi connectivity index (χ2n) is 8.60. The van der Waals surface area contributed by atoms with Gasteiger partial charge in [0, 0.05) is 31.1 Å². The highest BCUT2D eigenvalue weighted by atomic mass is 35.5. The zero-order valence-corrected chi connectivity index (χ0v) is 21.0. The van der Waals surface area contributed by atoms with Crippen LogP contribution in [0.1, 0.15) is 16.0 Å². The largest absolute Gasteiger partial charge is 0.380 e. The zero-order chi connectivity index (χ0) is 25.7. The number of aliphatic hydroxyl groups excluding tert-OH is 2. The van der Waals surface area contributed by atoms with Gasteiger partial charge in [0.2, 0.25) is 0 Å². The van der Waals surface area contributed by atoms with Gasteiger partial charge in [-0.05, 0) is 53.3 Å². The Hall–Kier alpha value is -2.98. The molecule has 7 nitrogen and oxygen atoms in total. The molecule has 1 fully saturated rings. The number of hydrogen-bond donors (Lipinski definition) is 3. The minimum atomic E-state index is -1.88. The Kier molecular flexibility index (Phi) is 8.58. The molecule has 0 spiro atoms. The molecule has 1 aliphatic heterocycles. The highest BCUT2D eigenvalue weighted by molar-refractivity contribution is 7.10. The van der Waals surface area contributed by atoms with Crippen LogP contribution in [0.25, 0.3) is 0 Å². The van der Waals surface area contributed by atoms with Crippen LogP contribution in [0.3, 0.4) is 0 Å². The third kappa shape index (κ3) is 6.41. The van der Waals surface area contributed by atoms with Crippen LogP contribution in [0.2, 0.25) is 5.02 Å². The molecule has 1 aliphatic rings. The number of hydrogen-bond acceptors (Lipinski definition) is 6. The molecule has 0 saturated carbocycles. The van der Waals surface area contributed by atoms with Crippen molar-refractivity contribution in [1.82, 2.24) is 10.2 Å². The first kappa shape index (κ1) is 26.1. The number of thiophene rings is 1. The van der Waals surface area contributed by atoms with Gasteiger partial charge in [-0.15, -0.1) is 11.3 Å². The van der Waals surface area contributed by atoms with Crippen LogP contribution in [0, 0.1) is 5.82 Å². The Morgan fingerprint density at radius 1 is 1.00 bits per heavy atom. The SMILES string of the molecule is O=C(NCc1cc(Cc2ccc(F)cc2)cs1)[C@H](O)[C@@H](O)C(=O)N1CCN(c2ccccc2Cl)CC1. The Labute approximate surface area is 217 Å². The molecule has 0 aliphatic carbocycles. The van der Waals surface area contributed by atoms with Crippen LogP contribution in [0.15, 0.2) is 60.0 Å². The summed E-state index contributed by atoms with van der Waals surface area (Å²) in [5.74, 6) is -1.79. The molecule has 2 atom stereocenters. The Morgan fingerprint density at radius 3 is 2.39 bits per heavy atom. The van der Waals surface area contributed by atoms with Gasteiger partial charge in [-0.2, -0.15) is 0 Å². The summed E-state index contributed by atoms with van der Waals surface area (Å²) >= 11 is 7.69. The topological polar surface area (TPSA) is 93.1 Å². The van der Waals surface area contributed by atoms with Crippen molar-refractivity contribution in [2.75, 3.05) is 31.1 Å². The molecule has 0 bridgehead atoms. The first-order valence-electron chi connectivity index (χ1n) is 11.5. The van der Waals surface area contributed by atoms with Gasteiger partial charge in [-0.3, -0.25) is 9.59 Å². The van der Waals surface area contributed by atoms with E-state index in [4.69, 9.17) is 11.6 Å². The minimum Gasteiger partial charge on any atom is -0.380 e. The maximum Gasteiger partial charge on any atom is 0.254 e. The predicted octanol–water partition coefficient (Wildman–Crippen LogP) is 2.82. The van der Waals surface area contributed by atoms with Crippen LogP contribution >= 0.6 is 22.9 Å². The number of halogens is 2. The van der Waals surface area contributed by atoms with E-state index in [0.29, 0.717) is 37.6 Å².